The average molecular weight is 301 g/mol. The van der Waals surface area contributed by atoms with Gasteiger partial charge in [0.1, 0.15) is 0 Å². The molecule has 0 unspecified atom stereocenters. The fraction of sp³-hybridized carbons (Fsp3) is 0.227. The number of aromatic nitrogens is 1. The van der Waals surface area contributed by atoms with Gasteiger partial charge in [-0.3, -0.25) is 4.98 Å². The van der Waals surface area contributed by atoms with Crippen molar-refractivity contribution in [2.75, 3.05) is 0 Å². The zero-order chi connectivity index (χ0) is 16.4. The predicted octanol–water partition coefficient (Wildman–Crippen LogP) is 5.90. The molecular weight excluding hydrogens is 278 g/mol. The number of nitrogens with zero attached hydrogens (tertiary/aromatic N) is 1. The minimum Gasteiger partial charge on any atom is -0.256 e. The summed E-state index contributed by atoms with van der Waals surface area (Å²) in [7, 11) is 0. The first kappa shape index (κ1) is 15.5. The Kier molecular flexibility index (Phi) is 4.29. The molecule has 2 aromatic carbocycles. The molecule has 0 aliphatic heterocycles. The summed E-state index contributed by atoms with van der Waals surface area (Å²) in [6.45, 7) is 8.63. The van der Waals surface area contributed by atoms with Crippen LogP contribution in [0.25, 0.3) is 22.4 Å². The molecule has 0 spiro atoms. The summed E-state index contributed by atoms with van der Waals surface area (Å²) in [5.41, 5.74) is 9.95. The molecule has 0 saturated carbocycles. The third-order valence-electron chi connectivity index (χ3n) is 4.36. The Balaban J connectivity index is 2.08. The van der Waals surface area contributed by atoms with Gasteiger partial charge in [0.25, 0.3) is 0 Å². The minimum atomic E-state index is 1.02. The van der Waals surface area contributed by atoms with Crippen molar-refractivity contribution < 1.29 is 0 Å². The standard InChI is InChI=1S/C22H23N/c1-5-18-10-9-16(3)12-20(18)22-13-17(4)21(14-23-22)19-8-6-7-15(2)11-19/h6-14H,5H2,1-4H3. The van der Waals surface area contributed by atoms with Crippen molar-refractivity contribution in [3.8, 4) is 22.4 Å². The van der Waals surface area contributed by atoms with Crippen LogP contribution in [-0.2, 0) is 6.42 Å². The van der Waals surface area contributed by atoms with E-state index < -0.39 is 0 Å². The Labute approximate surface area is 139 Å². The van der Waals surface area contributed by atoms with Crippen molar-refractivity contribution in [1.29, 1.82) is 0 Å². The van der Waals surface area contributed by atoms with Crippen molar-refractivity contribution in [3.05, 3.63) is 77.0 Å². The molecule has 0 amide bonds. The lowest BCUT2D eigenvalue weighted by Gasteiger charge is -2.12. The Morgan fingerprint density at radius 2 is 1.61 bits per heavy atom. The van der Waals surface area contributed by atoms with E-state index >= 15 is 0 Å². The van der Waals surface area contributed by atoms with E-state index in [4.69, 9.17) is 4.98 Å². The van der Waals surface area contributed by atoms with Crippen LogP contribution in [0.5, 0.6) is 0 Å². The molecule has 0 fully saturated rings. The van der Waals surface area contributed by atoms with Crippen LogP contribution in [0.1, 0.15) is 29.2 Å². The smallest absolute Gasteiger partial charge is 0.0707 e. The van der Waals surface area contributed by atoms with Gasteiger partial charge in [0.2, 0.25) is 0 Å². The highest BCUT2D eigenvalue weighted by atomic mass is 14.7. The van der Waals surface area contributed by atoms with Gasteiger partial charge in [-0.2, -0.15) is 0 Å². The van der Waals surface area contributed by atoms with Gasteiger partial charge in [0.15, 0.2) is 0 Å². The SMILES string of the molecule is CCc1ccc(C)cc1-c1cc(C)c(-c2cccc(C)c2)cn1. The van der Waals surface area contributed by atoms with Crippen molar-refractivity contribution in [2.45, 2.75) is 34.1 Å². The number of aryl methyl sites for hydroxylation is 4. The third kappa shape index (κ3) is 3.19. The number of hydrogen-bond acceptors (Lipinski definition) is 1. The fourth-order valence-electron chi connectivity index (χ4n) is 3.06. The molecule has 1 heterocycles. The largest absolute Gasteiger partial charge is 0.256 e. The van der Waals surface area contributed by atoms with Crippen LogP contribution >= 0.6 is 0 Å². The van der Waals surface area contributed by atoms with Gasteiger partial charge in [0, 0.05) is 17.3 Å². The van der Waals surface area contributed by atoms with E-state index in [1.165, 1.54) is 38.9 Å². The van der Waals surface area contributed by atoms with Crippen molar-refractivity contribution >= 4 is 0 Å². The van der Waals surface area contributed by atoms with Gasteiger partial charge in [-0.1, -0.05) is 54.4 Å². The Morgan fingerprint density at radius 3 is 2.30 bits per heavy atom. The topological polar surface area (TPSA) is 12.9 Å². The monoisotopic (exact) mass is 301 g/mol. The maximum absolute atomic E-state index is 4.77. The molecule has 0 N–H and O–H groups in total. The van der Waals surface area contributed by atoms with Crippen molar-refractivity contribution in [1.82, 2.24) is 4.98 Å². The van der Waals surface area contributed by atoms with Crippen LogP contribution in [0.4, 0.5) is 0 Å². The highest BCUT2D eigenvalue weighted by Crippen LogP contribution is 2.29. The third-order valence-corrected chi connectivity index (χ3v) is 4.36. The molecule has 3 rings (SSSR count). The van der Waals surface area contributed by atoms with Gasteiger partial charge in [-0.15, -0.1) is 0 Å². The highest BCUT2D eigenvalue weighted by molar-refractivity contribution is 5.72. The number of benzene rings is 2. The van der Waals surface area contributed by atoms with E-state index in [1.807, 2.05) is 6.20 Å². The first-order chi connectivity index (χ1) is 11.1. The lowest BCUT2D eigenvalue weighted by Crippen LogP contribution is -1.94. The summed E-state index contributed by atoms with van der Waals surface area (Å²) < 4.78 is 0. The van der Waals surface area contributed by atoms with E-state index in [0.717, 1.165) is 12.1 Å². The van der Waals surface area contributed by atoms with Crippen LogP contribution in [0.15, 0.2) is 54.7 Å². The molecule has 3 aromatic rings. The van der Waals surface area contributed by atoms with E-state index in [0.29, 0.717) is 0 Å². The molecule has 0 saturated heterocycles. The number of hydrogen-bond donors (Lipinski definition) is 0. The molecular formula is C22H23N. The van der Waals surface area contributed by atoms with E-state index in [-0.39, 0.29) is 0 Å². The maximum atomic E-state index is 4.77. The van der Waals surface area contributed by atoms with Gasteiger partial charge in [0.05, 0.1) is 5.69 Å². The molecule has 23 heavy (non-hydrogen) atoms. The van der Waals surface area contributed by atoms with Gasteiger partial charge in [-0.05, 0) is 56.0 Å². The van der Waals surface area contributed by atoms with Crippen LogP contribution in [0.3, 0.4) is 0 Å². The number of pyridine rings is 1. The summed E-state index contributed by atoms with van der Waals surface area (Å²) in [6.07, 6.45) is 3.04. The van der Waals surface area contributed by atoms with E-state index in [2.05, 4.69) is 76.2 Å². The maximum Gasteiger partial charge on any atom is 0.0707 e. The second kappa shape index (κ2) is 6.37. The molecule has 1 nitrogen and oxygen atoms in total. The number of rotatable bonds is 3. The first-order valence-electron chi connectivity index (χ1n) is 8.22. The van der Waals surface area contributed by atoms with Gasteiger partial charge < -0.3 is 0 Å². The summed E-state index contributed by atoms with van der Waals surface area (Å²) in [4.78, 5) is 4.77. The van der Waals surface area contributed by atoms with Crippen LogP contribution in [0, 0.1) is 20.8 Å². The molecule has 0 radical (unpaired) electrons. The normalized spacial score (nSPS) is 10.8. The van der Waals surface area contributed by atoms with Gasteiger partial charge in [-0.25, -0.2) is 0 Å². The van der Waals surface area contributed by atoms with Gasteiger partial charge >= 0.3 is 0 Å². The lowest BCUT2D eigenvalue weighted by molar-refractivity contribution is 1.13. The zero-order valence-corrected chi connectivity index (χ0v) is 14.4. The lowest BCUT2D eigenvalue weighted by atomic mass is 9.96. The Bertz CT molecular complexity index is 846. The first-order valence-corrected chi connectivity index (χ1v) is 8.22. The quantitative estimate of drug-likeness (QED) is 0.586. The second-order valence-corrected chi connectivity index (χ2v) is 6.27. The fourth-order valence-corrected chi connectivity index (χ4v) is 3.06. The van der Waals surface area contributed by atoms with Crippen LogP contribution in [0.2, 0.25) is 0 Å². The van der Waals surface area contributed by atoms with Crippen molar-refractivity contribution in [2.24, 2.45) is 0 Å². The van der Waals surface area contributed by atoms with Crippen molar-refractivity contribution in [3.63, 3.8) is 0 Å². The molecule has 0 aliphatic rings. The highest BCUT2D eigenvalue weighted by Gasteiger charge is 2.09. The molecule has 0 aliphatic carbocycles. The average Bonchev–Trinajstić information content (AvgIpc) is 2.54. The molecule has 1 aromatic heterocycles. The molecule has 1 heteroatoms. The molecule has 0 bridgehead atoms. The summed E-state index contributed by atoms with van der Waals surface area (Å²) in [5, 5.41) is 0. The summed E-state index contributed by atoms with van der Waals surface area (Å²) in [5.74, 6) is 0. The second-order valence-electron chi connectivity index (χ2n) is 6.27. The summed E-state index contributed by atoms with van der Waals surface area (Å²) >= 11 is 0. The van der Waals surface area contributed by atoms with E-state index in [1.54, 1.807) is 0 Å². The zero-order valence-electron chi connectivity index (χ0n) is 14.4. The van der Waals surface area contributed by atoms with Crippen LogP contribution in [-0.4, -0.2) is 4.98 Å². The molecule has 116 valence electrons. The Morgan fingerprint density at radius 1 is 0.826 bits per heavy atom. The predicted molar refractivity (Wildman–Crippen MR) is 98.7 cm³/mol. The minimum absolute atomic E-state index is 1.02. The summed E-state index contributed by atoms with van der Waals surface area (Å²) in [6, 6.07) is 17.5. The van der Waals surface area contributed by atoms with Crippen LogP contribution < -0.4 is 0 Å². The molecule has 0 atom stereocenters. The Hall–Kier alpha value is -2.41. The van der Waals surface area contributed by atoms with E-state index in [9.17, 15) is 0 Å².